The number of hydrogen-bond acceptors (Lipinski definition) is 1. The Kier molecular flexibility index (Phi) is 3.01. The molecular formula is C8H5ClF4O. The second-order valence-corrected chi connectivity index (χ2v) is 2.98. The molecule has 0 saturated carbocycles. The van der Waals surface area contributed by atoms with E-state index in [9.17, 15) is 17.6 Å². The van der Waals surface area contributed by atoms with Gasteiger partial charge in [0.15, 0.2) is 0 Å². The van der Waals surface area contributed by atoms with Gasteiger partial charge in [-0.05, 0) is 17.7 Å². The summed E-state index contributed by atoms with van der Waals surface area (Å²) in [6.45, 7) is -0.910. The largest absolute Gasteiger partial charge is 0.418 e. The molecular weight excluding hydrogens is 224 g/mol. The lowest BCUT2D eigenvalue weighted by Gasteiger charge is -2.12. The minimum absolute atomic E-state index is 0.559. The van der Waals surface area contributed by atoms with Crippen molar-refractivity contribution < 1.29 is 22.7 Å². The fourth-order valence-corrected chi connectivity index (χ4v) is 1.40. The van der Waals surface area contributed by atoms with Gasteiger partial charge in [-0.25, -0.2) is 4.39 Å². The minimum Gasteiger partial charge on any atom is -0.392 e. The number of halogens is 5. The van der Waals surface area contributed by atoms with Crippen LogP contribution in [0.2, 0.25) is 5.02 Å². The Morgan fingerprint density at radius 2 is 1.86 bits per heavy atom. The fourth-order valence-electron chi connectivity index (χ4n) is 1.07. The molecule has 1 N–H and O–H groups in total. The zero-order valence-electron chi connectivity index (χ0n) is 6.70. The highest BCUT2D eigenvalue weighted by Crippen LogP contribution is 2.37. The summed E-state index contributed by atoms with van der Waals surface area (Å²) in [5.74, 6) is -0.910. The SMILES string of the molecule is OCc1cc(F)cc(Cl)c1C(F)(F)F. The third kappa shape index (κ3) is 2.16. The van der Waals surface area contributed by atoms with Crippen LogP contribution in [-0.4, -0.2) is 5.11 Å². The Bertz CT molecular complexity index is 348. The summed E-state index contributed by atoms with van der Waals surface area (Å²) in [5, 5.41) is 7.86. The average molecular weight is 229 g/mol. The molecule has 0 bridgehead atoms. The van der Waals surface area contributed by atoms with Gasteiger partial charge in [-0.1, -0.05) is 11.6 Å². The molecule has 1 rings (SSSR count). The van der Waals surface area contributed by atoms with E-state index < -0.39 is 34.7 Å². The summed E-state index contributed by atoms with van der Waals surface area (Å²) in [6.07, 6.45) is -4.69. The van der Waals surface area contributed by atoms with E-state index in [0.717, 1.165) is 0 Å². The van der Waals surface area contributed by atoms with E-state index in [-0.39, 0.29) is 0 Å². The van der Waals surface area contributed by atoms with Gasteiger partial charge in [-0.15, -0.1) is 0 Å². The van der Waals surface area contributed by atoms with Crippen molar-refractivity contribution in [2.24, 2.45) is 0 Å². The van der Waals surface area contributed by atoms with Gasteiger partial charge in [-0.3, -0.25) is 0 Å². The van der Waals surface area contributed by atoms with Crippen molar-refractivity contribution in [3.63, 3.8) is 0 Å². The van der Waals surface area contributed by atoms with Crippen molar-refractivity contribution in [3.05, 3.63) is 34.1 Å². The lowest BCUT2D eigenvalue weighted by atomic mass is 10.1. The summed E-state index contributed by atoms with van der Waals surface area (Å²) in [4.78, 5) is 0. The maximum atomic E-state index is 12.6. The fraction of sp³-hybridized carbons (Fsp3) is 0.250. The summed E-state index contributed by atoms with van der Waals surface area (Å²) in [5.41, 5.74) is -1.76. The topological polar surface area (TPSA) is 20.2 Å². The van der Waals surface area contributed by atoms with Gasteiger partial charge < -0.3 is 5.11 Å². The molecule has 0 aliphatic rings. The van der Waals surface area contributed by atoms with Crippen molar-refractivity contribution in [2.45, 2.75) is 12.8 Å². The van der Waals surface area contributed by atoms with E-state index in [2.05, 4.69) is 0 Å². The van der Waals surface area contributed by atoms with Crippen LogP contribution in [0.15, 0.2) is 12.1 Å². The molecule has 0 radical (unpaired) electrons. The second kappa shape index (κ2) is 3.74. The predicted octanol–water partition coefficient (Wildman–Crippen LogP) is 2.99. The zero-order valence-corrected chi connectivity index (χ0v) is 7.45. The maximum absolute atomic E-state index is 12.6. The van der Waals surface area contributed by atoms with Crippen LogP contribution in [0.3, 0.4) is 0 Å². The lowest BCUT2D eigenvalue weighted by Crippen LogP contribution is -2.10. The maximum Gasteiger partial charge on any atom is 0.418 e. The van der Waals surface area contributed by atoms with E-state index in [4.69, 9.17) is 16.7 Å². The number of aliphatic hydroxyl groups is 1. The summed E-state index contributed by atoms with van der Waals surface area (Å²) in [6, 6.07) is 1.16. The van der Waals surface area contributed by atoms with Gasteiger partial charge in [0.25, 0.3) is 0 Å². The van der Waals surface area contributed by atoms with E-state index in [1.165, 1.54) is 0 Å². The summed E-state index contributed by atoms with van der Waals surface area (Å²) >= 11 is 5.23. The Morgan fingerprint density at radius 1 is 1.29 bits per heavy atom. The van der Waals surface area contributed by atoms with Crippen LogP contribution in [0, 0.1) is 5.82 Å². The first-order chi connectivity index (χ1) is 6.36. The van der Waals surface area contributed by atoms with E-state index >= 15 is 0 Å². The average Bonchev–Trinajstić information content (AvgIpc) is 1.99. The number of aliphatic hydroxyl groups excluding tert-OH is 1. The molecule has 0 aliphatic carbocycles. The quantitative estimate of drug-likeness (QED) is 0.733. The van der Waals surface area contributed by atoms with E-state index in [1.54, 1.807) is 0 Å². The normalized spacial score (nSPS) is 11.9. The van der Waals surface area contributed by atoms with Crippen LogP contribution in [0.25, 0.3) is 0 Å². The number of hydrogen-bond donors (Lipinski definition) is 1. The molecule has 0 saturated heterocycles. The number of benzene rings is 1. The van der Waals surface area contributed by atoms with Gasteiger partial charge in [0, 0.05) is 0 Å². The summed E-state index contributed by atoms with van der Waals surface area (Å²) < 4.78 is 49.6. The molecule has 0 fully saturated rings. The Hall–Kier alpha value is -0.810. The molecule has 0 aromatic heterocycles. The predicted molar refractivity (Wildman–Crippen MR) is 42.3 cm³/mol. The van der Waals surface area contributed by atoms with Gasteiger partial charge in [0.2, 0.25) is 0 Å². The van der Waals surface area contributed by atoms with Crippen molar-refractivity contribution in [2.75, 3.05) is 0 Å². The molecule has 1 aromatic carbocycles. The monoisotopic (exact) mass is 228 g/mol. The van der Waals surface area contributed by atoms with Crippen LogP contribution < -0.4 is 0 Å². The molecule has 0 atom stereocenters. The standard InChI is InChI=1S/C8H5ClF4O/c9-6-2-5(10)1-4(3-14)7(6)8(11,12)13/h1-2,14H,3H2. The van der Waals surface area contributed by atoms with Crippen LogP contribution in [-0.2, 0) is 12.8 Å². The van der Waals surface area contributed by atoms with E-state index in [1.807, 2.05) is 0 Å². The Labute approximate surface area is 81.9 Å². The van der Waals surface area contributed by atoms with Gasteiger partial charge in [-0.2, -0.15) is 13.2 Å². The molecule has 0 unspecified atom stereocenters. The molecule has 0 heterocycles. The third-order valence-electron chi connectivity index (χ3n) is 1.59. The highest BCUT2D eigenvalue weighted by atomic mass is 35.5. The van der Waals surface area contributed by atoms with Crippen molar-refractivity contribution in [1.82, 2.24) is 0 Å². The summed E-state index contributed by atoms with van der Waals surface area (Å²) in [7, 11) is 0. The molecule has 0 amide bonds. The molecule has 0 aliphatic heterocycles. The highest BCUT2D eigenvalue weighted by Gasteiger charge is 2.36. The third-order valence-corrected chi connectivity index (χ3v) is 1.89. The smallest absolute Gasteiger partial charge is 0.392 e. The Morgan fingerprint density at radius 3 is 2.29 bits per heavy atom. The zero-order chi connectivity index (χ0) is 10.9. The van der Waals surface area contributed by atoms with Crippen LogP contribution in [0.1, 0.15) is 11.1 Å². The number of alkyl halides is 3. The first-order valence-electron chi connectivity index (χ1n) is 3.52. The first-order valence-corrected chi connectivity index (χ1v) is 3.90. The first kappa shape index (κ1) is 11.3. The number of rotatable bonds is 1. The highest BCUT2D eigenvalue weighted by molar-refractivity contribution is 6.31. The van der Waals surface area contributed by atoms with E-state index in [0.29, 0.717) is 12.1 Å². The van der Waals surface area contributed by atoms with Gasteiger partial charge in [0.05, 0.1) is 17.2 Å². The van der Waals surface area contributed by atoms with Gasteiger partial charge >= 0.3 is 6.18 Å². The molecule has 78 valence electrons. The van der Waals surface area contributed by atoms with Crippen LogP contribution in [0.4, 0.5) is 17.6 Å². The second-order valence-electron chi connectivity index (χ2n) is 2.58. The Balaban J connectivity index is 3.40. The van der Waals surface area contributed by atoms with Crippen LogP contribution in [0.5, 0.6) is 0 Å². The lowest BCUT2D eigenvalue weighted by molar-refractivity contribution is -0.138. The van der Waals surface area contributed by atoms with Gasteiger partial charge in [0.1, 0.15) is 5.82 Å². The molecule has 0 spiro atoms. The minimum atomic E-state index is -4.69. The van der Waals surface area contributed by atoms with Crippen molar-refractivity contribution in [1.29, 1.82) is 0 Å². The van der Waals surface area contributed by atoms with Crippen molar-refractivity contribution >= 4 is 11.6 Å². The molecule has 1 aromatic rings. The molecule has 6 heteroatoms. The molecule has 14 heavy (non-hydrogen) atoms. The molecule has 1 nitrogen and oxygen atoms in total. The van der Waals surface area contributed by atoms with Crippen LogP contribution >= 0.6 is 11.6 Å². The van der Waals surface area contributed by atoms with Crippen molar-refractivity contribution in [3.8, 4) is 0 Å².